The second-order valence-electron chi connectivity index (χ2n) is 7.73. The summed E-state index contributed by atoms with van der Waals surface area (Å²) in [5, 5.41) is 0. The minimum Gasteiger partial charge on any atom is -0.435 e. The van der Waals surface area contributed by atoms with Crippen LogP contribution in [-0.4, -0.2) is 27.9 Å². The fourth-order valence-corrected chi connectivity index (χ4v) is 3.67. The Labute approximate surface area is 182 Å². The highest BCUT2D eigenvalue weighted by Crippen LogP contribution is 2.37. The molecule has 2 aromatic rings. The molecule has 2 rings (SSSR count). The molecule has 0 radical (unpaired) electrons. The summed E-state index contributed by atoms with van der Waals surface area (Å²) < 4.78 is 86.8. The van der Waals surface area contributed by atoms with Crippen LogP contribution in [0.5, 0.6) is 5.88 Å². The Morgan fingerprint density at radius 3 is 2.32 bits per heavy atom. The Morgan fingerprint density at radius 1 is 1.19 bits per heavy atom. The summed E-state index contributed by atoms with van der Waals surface area (Å²) in [4.78, 5) is 3.87. The Morgan fingerprint density at radius 2 is 1.81 bits per heavy atom. The summed E-state index contributed by atoms with van der Waals surface area (Å²) in [7, 11) is -7.60. The molecule has 0 saturated heterocycles. The lowest BCUT2D eigenvalue weighted by molar-refractivity contribution is -0.0501. The van der Waals surface area contributed by atoms with E-state index < -0.39 is 43.3 Å². The van der Waals surface area contributed by atoms with Crippen molar-refractivity contribution in [2.45, 2.75) is 63.3 Å². The van der Waals surface area contributed by atoms with Gasteiger partial charge in [0.25, 0.3) is 5.88 Å². The third kappa shape index (κ3) is 6.53. The molecule has 0 bridgehead atoms. The average molecular weight is 483 g/mol. The topological polar surface area (TPSA) is 98.5 Å². The molecule has 1 aromatic heterocycles. The highest BCUT2D eigenvalue weighted by Gasteiger charge is 2.50. The number of oxazole rings is 1. The number of hydrogen-bond acceptors (Lipinski definition) is 6. The Kier molecular flexibility index (Phi) is 7.93. The quantitative estimate of drug-likeness (QED) is 0.405. The summed E-state index contributed by atoms with van der Waals surface area (Å²) in [6.45, 7) is 7.05. The van der Waals surface area contributed by atoms with E-state index >= 15 is 0 Å². The van der Waals surface area contributed by atoms with Gasteiger partial charge in [0.1, 0.15) is 0 Å². The van der Waals surface area contributed by atoms with E-state index in [-0.39, 0.29) is 11.7 Å². The van der Waals surface area contributed by atoms with Gasteiger partial charge in [0.15, 0.2) is 5.76 Å². The monoisotopic (exact) mass is 482 g/mol. The third-order valence-corrected chi connectivity index (χ3v) is 6.64. The van der Waals surface area contributed by atoms with Crippen LogP contribution >= 0.6 is 0 Å². The molecule has 2 unspecified atom stereocenters. The molecule has 0 fully saturated rings. The molecule has 0 aliphatic heterocycles. The molecular weight excluding hydrogens is 457 g/mol. The fraction of sp³-hybridized carbons (Fsp3) is 0.526. The van der Waals surface area contributed by atoms with Crippen LogP contribution in [-0.2, 0) is 21.1 Å². The maximum atomic E-state index is 12.9. The third-order valence-electron chi connectivity index (χ3n) is 4.08. The van der Waals surface area contributed by atoms with Crippen LogP contribution in [0.15, 0.2) is 34.7 Å². The highest BCUT2D eigenvalue weighted by atomic mass is 32.2. The molecule has 174 valence electrons. The van der Waals surface area contributed by atoms with Gasteiger partial charge in [0, 0.05) is 5.56 Å². The zero-order valence-electron chi connectivity index (χ0n) is 17.5. The first kappa shape index (κ1) is 25.3. The minimum absolute atomic E-state index is 0.118. The number of nitrogens with zero attached hydrogens (tertiary/aromatic N) is 1. The molecule has 0 aliphatic rings. The number of hydrogen-bond donors (Lipinski definition) is 1. The van der Waals surface area contributed by atoms with Gasteiger partial charge in [-0.2, -0.15) is 26.6 Å². The molecule has 1 heterocycles. The number of alkyl halides is 3. The molecule has 0 aliphatic carbocycles. The van der Waals surface area contributed by atoms with Crippen molar-refractivity contribution in [1.29, 1.82) is 0 Å². The largest absolute Gasteiger partial charge is 0.534 e. The smallest absolute Gasteiger partial charge is 0.435 e. The van der Waals surface area contributed by atoms with E-state index in [9.17, 15) is 25.8 Å². The molecular formula is C19H25F3N2O5S2. The second kappa shape index (κ2) is 9.70. The van der Waals surface area contributed by atoms with Crippen molar-refractivity contribution in [3.8, 4) is 17.3 Å². The van der Waals surface area contributed by atoms with Crippen LogP contribution in [0.3, 0.4) is 0 Å². The van der Waals surface area contributed by atoms with E-state index in [2.05, 4.69) is 13.9 Å². The standard InChI is InChI=1S/C19H25F3N2O5S2/c1-5-6-12-14(24-30(25)18(2,3)4)15-17(29-31(26,27)19(20,21)22)23-16(28-15)13-10-8-7-9-11-13/h7-11,14,24H,5-6,12H2,1-4H3. The first-order valence-electron chi connectivity index (χ1n) is 9.51. The molecule has 2 atom stereocenters. The lowest BCUT2D eigenvalue weighted by atomic mass is 10.1. The van der Waals surface area contributed by atoms with E-state index in [1.807, 2.05) is 6.92 Å². The van der Waals surface area contributed by atoms with Crippen LogP contribution in [0.1, 0.15) is 58.8 Å². The van der Waals surface area contributed by atoms with Gasteiger partial charge in [0.05, 0.1) is 21.8 Å². The van der Waals surface area contributed by atoms with Crippen molar-refractivity contribution in [3.05, 3.63) is 36.1 Å². The van der Waals surface area contributed by atoms with Gasteiger partial charge in [-0.25, -0.2) is 8.93 Å². The summed E-state index contributed by atoms with van der Waals surface area (Å²) in [5.41, 5.74) is -5.23. The van der Waals surface area contributed by atoms with Crippen molar-refractivity contribution in [2.75, 3.05) is 0 Å². The highest BCUT2D eigenvalue weighted by molar-refractivity contribution is 7.88. The van der Waals surface area contributed by atoms with Gasteiger partial charge in [-0.3, -0.25) is 0 Å². The van der Waals surface area contributed by atoms with Crippen LogP contribution in [0, 0.1) is 0 Å². The fourth-order valence-electron chi connectivity index (χ4n) is 2.41. The van der Waals surface area contributed by atoms with E-state index in [0.29, 0.717) is 18.4 Å². The molecule has 0 amide bonds. The van der Waals surface area contributed by atoms with Gasteiger partial charge in [0.2, 0.25) is 5.89 Å². The summed E-state index contributed by atoms with van der Waals surface area (Å²) >= 11 is 0. The summed E-state index contributed by atoms with van der Waals surface area (Å²) in [5.74, 6) is -1.22. The molecule has 12 heteroatoms. The van der Waals surface area contributed by atoms with Crippen LogP contribution < -0.4 is 8.91 Å². The maximum Gasteiger partial charge on any atom is 0.534 e. The van der Waals surface area contributed by atoms with Gasteiger partial charge >= 0.3 is 15.6 Å². The Hall–Kier alpha value is -1.92. The van der Waals surface area contributed by atoms with Crippen LogP contribution in [0.4, 0.5) is 13.2 Å². The Balaban J connectivity index is 2.56. The first-order valence-corrected chi connectivity index (χ1v) is 12.1. The van der Waals surface area contributed by atoms with Crippen molar-refractivity contribution >= 4 is 21.1 Å². The number of halogens is 3. The lowest BCUT2D eigenvalue weighted by Crippen LogP contribution is -2.36. The molecule has 31 heavy (non-hydrogen) atoms. The maximum absolute atomic E-state index is 12.9. The second-order valence-corrected chi connectivity index (χ2v) is 11.3. The lowest BCUT2D eigenvalue weighted by Gasteiger charge is -2.23. The number of benzene rings is 1. The minimum atomic E-state index is -5.98. The van der Waals surface area contributed by atoms with Crippen molar-refractivity contribution in [1.82, 2.24) is 9.71 Å². The van der Waals surface area contributed by atoms with E-state index in [4.69, 9.17) is 4.42 Å². The van der Waals surface area contributed by atoms with Gasteiger partial charge in [-0.15, -0.1) is 0 Å². The summed E-state index contributed by atoms with van der Waals surface area (Å²) in [6, 6.07) is 7.35. The van der Waals surface area contributed by atoms with Crippen molar-refractivity contribution in [2.24, 2.45) is 0 Å². The van der Waals surface area contributed by atoms with E-state index in [1.165, 1.54) is 0 Å². The van der Waals surface area contributed by atoms with Gasteiger partial charge in [-0.05, 0) is 39.3 Å². The normalized spacial score (nSPS) is 14.9. The van der Waals surface area contributed by atoms with Crippen molar-refractivity contribution < 1.29 is 34.4 Å². The van der Waals surface area contributed by atoms with E-state index in [1.54, 1.807) is 51.1 Å². The van der Waals surface area contributed by atoms with Crippen LogP contribution in [0.2, 0.25) is 0 Å². The van der Waals surface area contributed by atoms with Gasteiger partial charge < -0.3 is 8.60 Å². The molecule has 0 saturated carbocycles. The molecule has 0 spiro atoms. The zero-order chi connectivity index (χ0) is 23.4. The number of unbranched alkanes of at least 4 members (excludes halogenated alkanes) is 1. The molecule has 1 aromatic carbocycles. The Bertz CT molecular complexity index is 1000. The van der Waals surface area contributed by atoms with Gasteiger partial charge in [-0.1, -0.05) is 38.0 Å². The number of nitrogens with one attached hydrogen (secondary N) is 1. The van der Waals surface area contributed by atoms with Crippen LogP contribution in [0.25, 0.3) is 11.5 Å². The molecule has 1 N–H and O–H groups in total. The van der Waals surface area contributed by atoms with E-state index in [0.717, 1.165) is 6.42 Å². The average Bonchev–Trinajstić information content (AvgIpc) is 3.07. The molecule has 7 nitrogen and oxygen atoms in total. The number of rotatable bonds is 9. The number of aromatic nitrogens is 1. The first-order chi connectivity index (χ1) is 14.3. The predicted octanol–water partition coefficient (Wildman–Crippen LogP) is 4.85. The zero-order valence-corrected chi connectivity index (χ0v) is 19.2. The van der Waals surface area contributed by atoms with Crippen molar-refractivity contribution in [3.63, 3.8) is 0 Å². The SMILES string of the molecule is CCCCC(NS(=O)C(C)(C)C)c1oc(-c2ccccc2)nc1OS(=O)(=O)C(F)(F)F. The predicted molar refractivity (Wildman–Crippen MR) is 111 cm³/mol. The summed E-state index contributed by atoms with van der Waals surface area (Å²) in [6.07, 6.45) is 1.65.